The molecule has 2 aliphatic heterocycles. The summed E-state index contributed by atoms with van der Waals surface area (Å²) in [4.78, 5) is 13.5. The highest BCUT2D eigenvalue weighted by molar-refractivity contribution is 5.60. The molecule has 0 radical (unpaired) electrons. The summed E-state index contributed by atoms with van der Waals surface area (Å²) in [7, 11) is 2.11. The van der Waals surface area contributed by atoms with Crippen LogP contribution in [0.15, 0.2) is 0 Å². The van der Waals surface area contributed by atoms with Crippen molar-refractivity contribution in [3.63, 3.8) is 0 Å². The van der Waals surface area contributed by atoms with Gasteiger partial charge in [-0.1, -0.05) is 0 Å². The minimum atomic E-state index is -0.250. The fraction of sp³-hybridized carbons (Fsp3) is 0.923. The maximum atomic E-state index is 11.2. The van der Waals surface area contributed by atoms with E-state index in [4.69, 9.17) is 9.47 Å². The molecular formula is C13H23NO3. The number of carbonyl (C=O) groups is 1. The van der Waals surface area contributed by atoms with Gasteiger partial charge in [-0.2, -0.15) is 0 Å². The van der Waals surface area contributed by atoms with E-state index in [1.165, 1.54) is 0 Å². The monoisotopic (exact) mass is 241 g/mol. The first-order valence-electron chi connectivity index (χ1n) is 6.54. The van der Waals surface area contributed by atoms with Gasteiger partial charge in [0.1, 0.15) is 6.29 Å². The summed E-state index contributed by atoms with van der Waals surface area (Å²) in [5.74, 6) is 0.722. The molecule has 0 N–H and O–H groups in total. The summed E-state index contributed by atoms with van der Waals surface area (Å²) < 4.78 is 10.7. The van der Waals surface area contributed by atoms with Crippen LogP contribution in [-0.4, -0.2) is 57.8 Å². The molecule has 2 heterocycles. The highest BCUT2D eigenvalue weighted by Gasteiger charge is 2.36. The number of ether oxygens (including phenoxy) is 2. The molecule has 1 atom stereocenters. The van der Waals surface area contributed by atoms with Gasteiger partial charge in [0.2, 0.25) is 0 Å². The first kappa shape index (κ1) is 13.0. The molecule has 0 aromatic carbocycles. The molecule has 0 aromatic heterocycles. The van der Waals surface area contributed by atoms with Crippen LogP contribution in [-0.2, 0) is 14.3 Å². The van der Waals surface area contributed by atoms with E-state index >= 15 is 0 Å². The third-order valence-corrected chi connectivity index (χ3v) is 3.88. The van der Waals surface area contributed by atoms with Crippen molar-refractivity contribution in [1.82, 2.24) is 4.90 Å². The third kappa shape index (κ3) is 3.50. The van der Waals surface area contributed by atoms with Crippen molar-refractivity contribution in [2.24, 2.45) is 11.3 Å². The van der Waals surface area contributed by atoms with Gasteiger partial charge in [-0.25, -0.2) is 0 Å². The Balaban J connectivity index is 1.79. The second-order valence-corrected chi connectivity index (χ2v) is 5.54. The Morgan fingerprint density at radius 2 is 2.06 bits per heavy atom. The second-order valence-electron chi connectivity index (χ2n) is 5.54. The van der Waals surface area contributed by atoms with Crippen LogP contribution in [0, 0.1) is 11.3 Å². The SMILES string of the molecule is CN(CC1CCOCC1)CC1(C=O)CCOC1. The van der Waals surface area contributed by atoms with Crippen LogP contribution < -0.4 is 0 Å². The Labute approximate surface area is 103 Å². The molecule has 2 saturated heterocycles. The van der Waals surface area contributed by atoms with Gasteiger partial charge in [-0.05, 0) is 32.2 Å². The lowest BCUT2D eigenvalue weighted by Crippen LogP contribution is -2.40. The van der Waals surface area contributed by atoms with E-state index in [0.717, 1.165) is 64.4 Å². The average Bonchev–Trinajstić information content (AvgIpc) is 2.79. The minimum absolute atomic E-state index is 0.250. The molecule has 0 amide bonds. The number of rotatable bonds is 5. The fourth-order valence-corrected chi connectivity index (χ4v) is 2.85. The van der Waals surface area contributed by atoms with Crippen molar-refractivity contribution < 1.29 is 14.3 Å². The van der Waals surface area contributed by atoms with Crippen LogP contribution in [0.4, 0.5) is 0 Å². The van der Waals surface area contributed by atoms with Crippen LogP contribution in [0.3, 0.4) is 0 Å². The average molecular weight is 241 g/mol. The Bertz CT molecular complexity index is 245. The molecule has 0 aromatic rings. The molecular weight excluding hydrogens is 218 g/mol. The molecule has 0 aliphatic carbocycles. The fourth-order valence-electron chi connectivity index (χ4n) is 2.85. The number of aldehydes is 1. The maximum Gasteiger partial charge on any atom is 0.129 e. The first-order valence-corrected chi connectivity index (χ1v) is 6.54. The molecule has 2 fully saturated rings. The van der Waals surface area contributed by atoms with Crippen molar-refractivity contribution in [1.29, 1.82) is 0 Å². The molecule has 2 rings (SSSR count). The van der Waals surface area contributed by atoms with Gasteiger partial charge < -0.3 is 19.2 Å². The second kappa shape index (κ2) is 5.94. The quantitative estimate of drug-likeness (QED) is 0.672. The van der Waals surface area contributed by atoms with E-state index in [2.05, 4.69) is 11.9 Å². The molecule has 98 valence electrons. The number of nitrogens with zero attached hydrogens (tertiary/aromatic N) is 1. The van der Waals surface area contributed by atoms with Crippen molar-refractivity contribution >= 4 is 6.29 Å². The Kier molecular flexibility index (Phi) is 4.54. The van der Waals surface area contributed by atoms with Gasteiger partial charge in [0.05, 0.1) is 12.0 Å². The van der Waals surface area contributed by atoms with Crippen LogP contribution in [0.2, 0.25) is 0 Å². The van der Waals surface area contributed by atoms with Crippen molar-refractivity contribution in [2.45, 2.75) is 19.3 Å². The summed E-state index contributed by atoms with van der Waals surface area (Å²) in [6, 6.07) is 0. The van der Waals surface area contributed by atoms with E-state index in [0.29, 0.717) is 6.61 Å². The molecule has 0 bridgehead atoms. The maximum absolute atomic E-state index is 11.2. The third-order valence-electron chi connectivity index (χ3n) is 3.88. The predicted octanol–water partition coefficient (Wildman–Crippen LogP) is 0.950. The van der Waals surface area contributed by atoms with Gasteiger partial charge in [-0.3, -0.25) is 0 Å². The van der Waals surface area contributed by atoms with Crippen LogP contribution in [0.1, 0.15) is 19.3 Å². The normalized spacial score (nSPS) is 30.9. The first-order chi connectivity index (χ1) is 8.24. The van der Waals surface area contributed by atoms with E-state index in [-0.39, 0.29) is 5.41 Å². The molecule has 0 spiro atoms. The lowest BCUT2D eigenvalue weighted by atomic mass is 9.88. The number of carbonyl (C=O) groups excluding carboxylic acids is 1. The standard InChI is InChI=1S/C13H23NO3/c1-14(8-12-2-5-16-6-3-12)9-13(10-15)4-7-17-11-13/h10,12H,2-9,11H2,1H3. The molecule has 1 unspecified atom stereocenters. The molecule has 4 heteroatoms. The van der Waals surface area contributed by atoms with Gasteiger partial charge in [0.25, 0.3) is 0 Å². The summed E-state index contributed by atoms with van der Waals surface area (Å²) in [5, 5.41) is 0. The van der Waals surface area contributed by atoms with Crippen molar-refractivity contribution in [3.8, 4) is 0 Å². The topological polar surface area (TPSA) is 38.8 Å². The van der Waals surface area contributed by atoms with Gasteiger partial charge in [-0.15, -0.1) is 0 Å². The summed E-state index contributed by atoms with van der Waals surface area (Å²) in [5.41, 5.74) is -0.250. The number of hydrogen-bond donors (Lipinski definition) is 0. The van der Waals surface area contributed by atoms with E-state index < -0.39 is 0 Å². The largest absolute Gasteiger partial charge is 0.381 e. The summed E-state index contributed by atoms with van der Waals surface area (Å²) in [6.07, 6.45) is 4.26. The van der Waals surface area contributed by atoms with Crippen molar-refractivity contribution in [3.05, 3.63) is 0 Å². The van der Waals surface area contributed by atoms with Gasteiger partial charge >= 0.3 is 0 Å². The molecule has 4 nitrogen and oxygen atoms in total. The van der Waals surface area contributed by atoms with E-state index in [1.54, 1.807) is 0 Å². The highest BCUT2D eigenvalue weighted by Crippen LogP contribution is 2.27. The Morgan fingerprint density at radius 3 is 2.65 bits per heavy atom. The van der Waals surface area contributed by atoms with E-state index in [1.807, 2.05) is 0 Å². The highest BCUT2D eigenvalue weighted by atomic mass is 16.5. The van der Waals surface area contributed by atoms with Crippen LogP contribution in [0.5, 0.6) is 0 Å². The Morgan fingerprint density at radius 1 is 1.29 bits per heavy atom. The van der Waals surface area contributed by atoms with Crippen LogP contribution in [0.25, 0.3) is 0 Å². The lowest BCUT2D eigenvalue weighted by molar-refractivity contribution is -0.117. The van der Waals surface area contributed by atoms with Gasteiger partial charge in [0, 0.05) is 32.9 Å². The zero-order valence-electron chi connectivity index (χ0n) is 10.7. The number of hydrogen-bond acceptors (Lipinski definition) is 4. The minimum Gasteiger partial charge on any atom is -0.381 e. The predicted molar refractivity (Wildman–Crippen MR) is 65.0 cm³/mol. The lowest BCUT2D eigenvalue weighted by Gasteiger charge is -2.31. The van der Waals surface area contributed by atoms with Crippen LogP contribution >= 0.6 is 0 Å². The molecule has 2 aliphatic rings. The molecule has 0 saturated carbocycles. The zero-order valence-corrected chi connectivity index (χ0v) is 10.7. The van der Waals surface area contributed by atoms with Crippen molar-refractivity contribution in [2.75, 3.05) is 46.6 Å². The summed E-state index contributed by atoms with van der Waals surface area (Å²) >= 11 is 0. The smallest absolute Gasteiger partial charge is 0.129 e. The zero-order chi connectivity index (χ0) is 12.1. The van der Waals surface area contributed by atoms with E-state index in [9.17, 15) is 4.79 Å². The van der Waals surface area contributed by atoms with Gasteiger partial charge in [0.15, 0.2) is 0 Å². The molecule has 17 heavy (non-hydrogen) atoms. The summed E-state index contributed by atoms with van der Waals surface area (Å²) in [6.45, 7) is 4.99. The Hall–Kier alpha value is -0.450.